The first kappa shape index (κ1) is 13.5. The third kappa shape index (κ3) is 3.18. The molecule has 0 spiro atoms. The molecule has 2 unspecified atom stereocenters. The molecule has 106 valence electrons. The number of nitriles is 1. The first-order valence-electron chi connectivity index (χ1n) is 7.49. The Morgan fingerprint density at radius 2 is 2.00 bits per heavy atom. The van der Waals surface area contributed by atoms with E-state index in [1.807, 2.05) is 0 Å². The lowest BCUT2D eigenvalue weighted by molar-refractivity contribution is 0.128. The predicted octanol–water partition coefficient (Wildman–Crippen LogP) is 1.01. The Morgan fingerprint density at radius 3 is 2.63 bits per heavy atom. The smallest absolute Gasteiger partial charge is 0.108 e. The van der Waals surface area contributed by atoms with Crippen LogP contribution in [0.4, 0.5) is 0 Å². The summed E-state index contributed by atoms with van der Waals surface area (Å²) >= 11 is 0. The van der Waals surface area contributed by atoms with Gasteiger partial charge in [0.15, 0.2) is 0 Å². The maximum Gasteiger partial charge on any atom is 0.108 e. The minimum Gasteiger partial charge on any atom is -0.298 e. The standard InChI is InChI=1S/C14H23N3OS/c15-11-14(16-12-3-4-12)5-1-2-13(10-14)17-6-8-19(18)9-7-17/h12-13,16H,1-10H2. The molecule has 0 bridgehead atoms. The van der Waals surface area contributed by atoms with Gasteiger partial charge >= 0.3 is 0 Å². The Bertz CT molecular complexity index is 394. The second-order valence-electron chi connectivity index (χ2n) is 6.25. The molecule has 2 saturated carbocycles. The fourth-order valence-corrected chi connectivity index (χ4v) is 4.54. The largest absolute Gasteiger partial charge is 0.298 e. The highest BCUT2D eigenvalue weighted by atomic mass is 32.2. The van der Waals surface area contributed by atoms with Gasteiger partial charge < -0.3 is 0 Å². The quantitative estimate of drug-likeness (QED) is 0.839. The summed E-state index contributed by atoms with van der Waals surface area (Å²) < 4.78 is 11.4. The maximum absolute atomic E-state index is 11.4. The van der Waals surface area contributed by atoms with Crippen LogP contribution in [0.15, 0.2) is 0 Å². The van der Waals surface area contributed by atoms with Gasteiger partial charge in [0.1, 0.15) is 5.54 Å². The van der Waals surface area contributed by atoms with Gasteiger partial charge in [-0.15, -0.1) is 0 Å². The highest BCUT2D eigenvalue weighted by molar-refractivity contribution is 7.85. The molecule has 1 N–H and O–H groups in total. The van der Waals surface area contributed by atoms with Crippen molar-refractivity contribution in [1.29, 1.82) is 5.26 Å². The molecule has 3 fully saturated rings. The van der Waals surface area contributed by atoms with E-state index in [0.29, 0.717) is 12.1 Å². The fraction of sp³-hybridized carbons (Fsp3) is 0.929. The molecule has 1 saturated heterocycles. The second kappa shape index (κ2) is 5.51. The average molecular weight is 281 g/mol. The zero-order valence-electron chi connectivity index (χ0n) is 11.4. The van der Waals surface area contributed by atoms with Crippen molar-refractivity contribution in [3.05, 3.63) is 0 Å². The van der Waals surface area contributed by atoms with Crippen LogP contribution in [-0.2, 0) is 10.8 Å². The summed E-state index contributed by atoms with van der Waals surface area (Å²) in [5, 5.41) is 13.2. The van der Waals surface area contributed by atoms with Crippen LogP contribution in [-0.4, -0.2) is 51.3 Å². The van der Waals surface area contributed by atoms with Crippen molar-refractivity contribution in [1.82, 2.24) is 10.2 Å². The molecular formula is C14H23N3OS. The van der Waals surface area contributed by atoms with Crippen molar-refractivity contribution in [3.63, 3.8) is 0 Å². The Balaban J connectivity index is 1.63. The number of nitrogens with zero attached hydrogens (tertiary/aromatic N) is 2. The van der Waals surface area contributed by atoms with Crippen LogP contribution in [0.5, 0.6) is 0 Å². The van der Waals surface area contributed by atoms with Gasteiger partial charge in [0.25, 0.3) is 0 Å². The molecule has 0 aromatic heterocycles. The summed E-state index contributed by atoms with van der Waals surface area (Å²) in [6.45, 7) is 1.89. The van der Waals surface area contributed by atoms with Crippen LogP contribution >= 0.6 is 0 Å². The summed E-state index contributed by atoms with van der Waals surface area (Å²) in [5.74, 6) is 1.62. The molecule has 4 nitrogen and oxygen atoms in total. The Morgan fingerprint density at radius 1 is 1.26 bits per heavy atom. The van der Waals surface area contributed by atoms with Gasteiger partial charge in [-0.05, 0) is 38.5 Å². The topological polar surface area (TPSA) is 56.1 Å². The maximum atomic E-state index is 11.4. The van der Waals surface area contributed by atoms with E-state index in [9.17, 15) is 9.47 Å². The molecule has 0 radical (unpaired) electrons. The van der Waals surface area contributed by atoms with Crippen LogP contribution in [0.1, 0.15) is 38.5 Å². The monoisotopic (exact) mass is 281 g/mol. The minimum atomic E-state index is -0.608. The zero-order valence-corrected chi connectivity index (χ0v) is 12.3. The van der Waals surface area contributed by atoms with Crippen molar-refractivity contribution < 1.29 is 4.21 Å². The highest BCUT2D eigenvalue weighted by Crippen LogP contribution is 2.34. The van der Waals surface area contributed by atoms with Gasteiger partial charge in [-0.1, -0.05) is 0 Å². The molecule has 2 atom stereocenters. The van der Waals surface area contributed by atoms with Crippen molar-refractivity contribution in [2.75, 3.05) is 24.6 Å². The lowest BCUT2D eigenvalue weighted by atomic mass is 9.79. The highest BCUT2D eigenvalue weighted by Gasteiger charge is 2.42. The number of hydrogen-bond donors (Lipinski definition) is 1. The zero-order chi connectivity index (χ0) is 13.3. The van der Waals surface area contributed by atoms with Crippen LogP contribution in [0.2, 0.25) is 0 Å². The molecule has 3 aliphatic rings. The molecule has 5 heteroatoms. The molecular weight excluding hydrogens is 258 g/mol. The number of rotatable bonds is 3. The van der Waals surface area contributed by atoms with Crippen molar-refractivity contribution >= 4 is 10.8 Å². The van der Waals surface area contributed by atoms with E-state index in [1.54, 1.807) is 0 Å². The normalized spacial score (nSPS) is 37.9. The van der Waals surface area contributed by atoms with E-state index >= 15 is 0 Å². The Labute approximate surface area is 118 Å². The number of nitrogens with one attached hydrogen (secondary N) is 1. The third-order valence-electron chi connectivity index (χ3n) is 4.73. The molecule has 3 rings (SSSR count). The fourth-order valence-electron chi connectivity index (χ4n) is 3.46. The first-order valence-corrected chi connectivity index (χ1v) is 8.98. The van der Waals surface area contributed by atoms with E-state index < -0.39 is 10.8 Å². The van der Waals surface area contributed by atoms with Gasteiger partial charge in [-0.2, -0.15) is 5.26 Å². The van der Waals surface area contributed by atoms with Crippen LogP contribution < -0.4 is 5.32 Å². The molecule has 19 heavy (non-hydrogen) atoms. The lowest BCUT2D eigenvalue weighted by Crippen LogP contribution is -2.55. The van der Waals surface area contributed by atoms with E-state index in [2.05, 4.69) is 16.3 Å². The predicted molar refractivity (Wildman–Crippen MR) is 76.2 cm³/mol. The second-order valence-corrected chi connectivity index (χ2v) is 7.94. The van der Waals surface area contributed by atoms with E-state index in [-0.39, 0.29) is 5.54 Å². The molecule has 0 aromatic rings. The van der Waals surface area contributed by atoms with Gasteiger partial charge in [0.05, 0.1) is 6.07 Å². The van der Waals surface area contributed by atoms with Gasteiger partial charge in [-0.25, -0.2) is 0 Å². The van der Waals surface area contributed by atoms with Crippen LogP contribution in [0, 0.1) is 11.3 Å². The van der Waals surface area contributed by atoms with Crippen molar-refractivity contribution in [2.45, 2.75) is 56.1 Å². The summed E-state index contributed by atoms with van der Waals surface area (Å²) in [4.78, 5) is 2.47. The van der Waals surface area contributed by atoms with E-state index in [4.69, 9.17) is 0 Å². The van der Waals surface area contributed by atoms with Gasteiger partial charge in [0, 0.05) is 47.5 Å². The molecule has 1 heterocycles. The van der Waals surface area contributed by atoms with E-state index in [1.165, 1.54) is 19.3 Å². The number of hydrogen-bond acceptors (Lipinski definition) is 4. The Hall–Kier alpha value is -0.440. The lowest BCUT2D eigenvalue weighted by Gasteiger charge is -2.43. The summed E-state index contributed by atoms with van der Waals surface area (Å²) in [6.07, 6.45) is 6.75. The van der Waals surface area contributed by atoms with Crippen LogP contribution in [0.3, 0.4) is 0 Å². The SMILES string of the molecule is N#CC1(NC2CC2)CCCC(N2CCS(=O)CC2)C1. The van der Waals surface area contributed by atoms with Crippen molar-refractivity contribution in [2.24, 2.45) is 0 Å². The first-order chi connectivity index (χ1) is 9.21. The van der Waals surface area contributed by atoms with Crippen LogP contribution in [0.25, 0.3) is 0 Å². The third-order valence-corrected chi connectivity index (χ3v) is 6.00. The minimum absolute atomic E-state index is 0.291. The summed E-state index contributed by atoms with van der Waals surface area (Å²) in [6, 6.07) is 3.67. The molecule has 0 amide bonds. The average Bonchev–Trinajstić information content (AvgIpc) is 3.24. The van der Waals surface area contributed by atoms with Gasteiger partial charge in [-0.3, -0.25) is 14.4 Å². The Kier molecular flexibility index (Phi) is 3.93. The summed E-state index contributed by atoms with van der Waals surface area (Å²) in [5.41, 5.74) is -0.291. The summed E-state index contributed by atoms with van der Waals surface area (Å²) in [7, 11) is -0.608. The molecule has 1 aliphatic heterocycles. The van der Waals surface area contributed by atoms with Gasteiger partial charge in [0.2, 0.25) is 0 Å². The molecule has 2 aliphatic carbocycles. The molecule has 0 aromatic carbocycles. The van der Waals surface area contributed by atoms with E-state index in [0.717, 1.165) is 43.9 Å². The van der Waals surface area contributed by atoms with Crippen molar-refractivity contribution in [3.8, 4) is 6.07 Å².